The normalized spacial score (nSPS) is 19.4. The molecule has 0 bridgehead atoms. The number of benzene rings is 1. The Morgan fingerprint density at radius 3 is 3.22 bits per heavy atom. The summed E-state index contributed by atoms with van der Waals surface area (Å²) in [7, 11) is 0. The van der Waals surface area contributed by atoms with Gasteiger partial charge in [0.25, 0.3) is 0 Å². The van der Waals surface area contributed by atoms with E-state index in [4.69, 9.17) is 10.5 Å². The van der Waals surface area contributed by atoms with Gasteiger partial charge in [-0.2, -0.15) is 0 Å². The van der Waals surface area contributed by atoms with Crippen LogP contribution in [0, 0.1) is 0 Å². The number of rotatable bonds is 4. The summed E-state index contributed by atoms with van der Waals surface area (Å²) < 4.78 is 5.53. The molecule has 1 unspecified atom stereocenters. The lowest BCUT2D eigenvalue weighted by Crippen LogP contribution is -2.30. The average molecular weight is 311 g/mol. The molecule has 1 amide bonds. The zero-order valence-corrected chi connectivity index (χ0v) is 13.2. The number of fused-ring (bicyclic) bond motifs is 1. The van der Waals surface area contributed by atoms with Crippen LogP contribution in [0.3, 0.4) is 0 Å². The van der Waals surface area contributed by atoms with E-state index in [-0.39, 0.29) is 18.4 Å². The summed E-state index contributed by atoms with van der Waals surface area (Å²) in [6.07, 6.45) is 10.5. The molecule has 0 aromatic heterocycles. The number of allylic oxidation sites excluding steroid dienone is 2. The van der Waals surface area contributed by atoms with Crippen molar-refractivity contribution in [3.8, 4) is 5.75 Å². The molecule has 1 aromatic carbocycles. The molecule has 23 heavy (non-hydrogen) atoms. The van der Waals surface area contributed by atoms with Gasteiger partial charge in [0, 0.05) is 42.3 Å². The molecule has 0 radical (unpaired) electrons. The minimum absolute atomic E-state index is 0.0629. The van der Waals surface area contributed by atoms with Crippen LogP contribution in [-0.4, -0.2) is 23.5 Å². The SMILES string of the molecule is CC1C=CC=C(CC(=O)Nc2ccc3c(c2)OCC3)N1/C=C\N. The monoisotopic (exact) mass is 311 g/mol. The largest absolute Gasteiger partial charge is 0.493 e. The standard InChI is InChI=1S/C18H21N3O2/c1-13-3-2-4-16(21(13)9-8-19)12-18(22)20-15-6-5-14-7-10-23-17(14)11-15/h2-6,8-9,11,13H,7,10,12,19H2,1H3,(H,20,22)/b9-8-. The summed E-state index contributed by atoms with van der Waals surface area (Å²) in [4.78, 5) is 14.3. The van der Waals surface area contributed by atoms with Gasteiger partial charge in [-0.15, -0.1) is 0 Å². The maximum atomic E-state index is 12.3. The van der Waals surface area contributed by atoms with Gasteiger partial charge < -0.3 is 20.7 Å². The van der Waals surface area contributed by atoms with E-state index in [1.165, 1.54) is 11.8 Å². The van der Waals surface area contributed by atoms with E-state index in [1.54, 1.807) is 6.20 Å². The van der Waals surface area contributed by atoms with Gasteiger partial charge in [-0.1, -0.05) is 18.2 Å². The topological polar surface area (TPSA) is 67.6 Å². The minimum atomic E-state index is -0.0629. The molecular formula is C18H21N3O2. The summed E-state index contributed by atoms with van der Waals surface area (Å²) in [5.41, 5.74) is 8.37. The van der Waals surface area contributed by atoms with Gasteiger partial charge in [0.05, 0.1) is 13.0 Å². The van der Waals surface area contributed by atoms with E-state index in [0.29, 0.717) is 6.61 Å². The van der Waals surface area contributed by atoms with Crippen LogP contribution in [0.15, 0.2) is 54.5 Å². The lowest BCUT2D eigenvalue weighted by Gasteiger charge is -2.30. The quantitative estimate of drug-likeness (QED) is 0.896. The first-order valence-corrected chi connectivity index (χ1v) is 7.77. The molecule has 2 aliphatic heterocycles. The Hall–Kier alpha value is -2.69. The fraction of sp³-hybridized carbons (Fsp3) is 0.278. The Labute approximate surface area is 136 Å². The number of hydrogen-bond donors (Lipinski definition) is 2. The first-order chi connectivity index (χ1) is 11.2. The van der Waals surface area contributed by atoms with Crippen LogP contribution in [-0.2, 0) is 11.2 Å². The van der Waals surface area contributed by atoms with Gasteiger partial charge in [-0.25, -0.2) is 0 Å². The molecule has 0 fully saturated rings. The number of amides is 1. The third-order valence-corrected chi connectivity index (χ3v) is 4.02. The van der Waals surface area contributed by atoms with E-state index in [2.05, 4.69) is 18.3 Å². The van der Waals surface area contributed by atoms with Crippen molar-refractivity contribution >= 4 is 11.6 Å². The fourth-order valence-electron chi connectivity index (χ4n) is 2.86. The van der Waals surface area contributed by atoms with Gasteiger partial charge in [0.1, 0.15) is 5.75 Å². The number of ether oxygens (including phenoxy) is 1. The van der Waals surface area contributed by atoms with E-state index < -0.39 is 0 Å². The van der Waals surface area contributed by atoms with Crippen LogP contribution in [0.1, 0.15) is 18.9 Å². The number of nitrogens with zero attached hydrogens (tertiary/aromatic N) is 1. The van der Waals surface area contributed by atoms with Gasteiger partial charge >= 0.3 is 0 Å². The second kappa shape index (κ2) is 6.60. The summed E-state index contributed by atoms with van der Waals surface area (Å²) >= 11 is 0. The molecule has 0 aliphatic carbocycles. The molecule has 3 rings (SSSR count). The summed E-state index contributed by atoms with van der Waals surface area (Å²) in [6.45, 7) is 2.77. The highest BCUT2D eigenvalue weighted by atomic mass is 16.5. The molecule has 2 aliphatic rings. The smallest absolute Gasteiger partial charge is 0.230 e. The van der Waals surface area contributed by atoms with E-state index in [0.717, 1.165) is 23.6 Å². The van der Waals surface area contributed by atoms with Crippen LogP contribution in [0.2, 0.25) is 0 Å². The Bertz CT molecular complexity index is 692. The number of anilines is 1. The van der Waals surface area contributed by atoms with Gasteiger partial charge in [0.2, 0.25) is 5.91 Å². The second-order valence-corrected chi connectivity index (χ2v) is 5.68. The third-order valence-electron chi connectivity index (χ3n) is 4.02. The maximum absolute atomic E-state index is 12.3. The Morgan fingerprint density at radius 1 is 1.52 bits per heavy atom. The number of nitrogens with two attached hydrogens (primary N) is 1. The zero-order chi connectivity index (χ0) is 16.2. The van der Waals surface area contributed by atoms with Crippen LogP contribution in [0.4, 0.5) is 5.69 Å². The highest BCUT2D eigenvalue weighted by Crippen LogP contribution is 2.28. The van der Waals surface area contributed by atoms with Gasteiger partial charge in [0.15, 0.2) is 0 Å². The molecule has 1 atom stereocenters. The third kappa shape index (κ3) is 3.39. The van der Waals surface area contributed by atoms with Crippen LogP contribution < -0.4 is 15.8 Å². The first kappa shape index (κ1) is 15.2. The van der Waals surface area contributed by atoms with E-state index in [1.807, 2.05) is 35.3 Å². The van der Waals surface area contributed by atoms with Crippen molar-refractivity contribution in [3.63, 3.8) is 0 Å². The molecule has 2 heterocycles. The van der Waals surface area contributed by atoms with Gasteiger partial charge in [-0.3, -0.25) is 4.79 Å². The predicted molar refractivity (Wildman–Crippen MR) is 90.7 cm³/mol. The van der Waals surface area contributed by atoms with E-state index in [9.17, 15) is 4.79 Å². The number of carbonyl (C=O) groups is 1. The minimum Gasteiger partial charge on any atom is -0.493 e. The van der Waals surface area contributed by atoms with Crippen LogP contribution in [0.25, 0.3) is 0 Å². The molecule has 0 spiro atoms. The second-order valence-electron chi connectivity index (χ2n) is 5.68. The van der Waals surface area contributed by atoms with Crippen molar-refractivity contribution in [1.82, 2.24) is 4.90 Å². The van der Waals surface area contributed by atoms with Crippen molar-refractivity contribution in [2.24, 2.45) is 5.73 Å². The predicted octanol–water partition coefficient (Wildman–Crippen LogP) is 2.52. The molecule has 5 heteroatoms. The van der Waals surface area contributed by atoms with Crippen molar-refractivity contribution in [2.45, 2.75) is 25.8 Å². The number of hydrogen-bond acceptors (Lipinski definition) is 4. The Kier molecular flexibility index (Phi) is 4.37. The lowest BCUT2D eigenvalue weighted by molar-refractivity contribution is -0.115. The zero-order valence-electron chi connectivity index (χ0n) is 13.2. The summed E-state index contributed by atoms with van der Waals surface area (Å²) in [5, 5.41) is 2.93. The van der Waals surface area contributed by atoms with Gasteiger partial charge in [-0.05, 0) is 24.6 Å². The summed E-state index contributed by atoms with van der Waals surface area (Å²) in [5.74, 6) is 0.802. The first-order valence-electron chi connectivity index (χ1n) is 7.77. The molecule has 3 N–H and O–H groups in total. The van der Waals surface area contributed by atoms with Crippen molar-refractivity contribution < 1.29 is 9.53 Å². The lowest BCUT2D eigenvalue weighted by atomic mass is 10.1. The van der Waals surface area contributed by atoms with Crippen molar-refractivity contribution in [2.75, 3.05) is 11.9 Å². The molecular weight excluding hydrogens is 290 g/mol. The fourth-order valence-corrected chi connectivity index (χ4v) is 2.86. The Balaban J connectivity index is 1.67. The molecule has 1 aromatic rings. The average Bonchev–Trinajstić information content (AvgIpc) is 2.98. The molecule has 5 nitrogen and oxygen atoms in total. The van der Waals surface area contributed by atoms with Crippen molar-refractivity contribution in [1.29, 1.82) is 0 Å². The highest BCUT2D eigenvalue weighted by Gasteiger charge is 2.18. The number of carbonyl (C=O) groups excluding carboxylic acids is 1. The Morgan fingerprint density at radius 2 is 2.39 bits per heavy atom. The molecule has 0 saturated heterocycles. The van der Waals surface area contributed by atoms with Crippen molar-refractivity contribution in [3.05, 3.63) is 60.1 Å². The summed E-state index contributed by atoms with van der Waals surface area (Å²) in [6, 6.07) is 5.98. The van der Waals surface area contributed by atoms with Crippen LogP contribution >= 0.6 is 0 Å². The molecule has 0 saturated carbocycles. The molecule has 120 valence electrons. The number of nitrogens with one attached hydrogen (secondary N) is 1. The van der Waals surface area contributed by atoms with Crippen LogP contribution in [0.5, 0.6) is 5.75 Å². The maximum Gasteiger partial charge on any atom is 0.230 e. The van der Waals surface area contributed by atoms with E-state index >= 15 is 0 Å². The highest BCUT2D eigenvalue weighted by molar-refractivity contribution is 5.92.